The molecule has 0 unspecified atom stereocenters. The normalized spacial score (nSPS) is 21.4. The van der Waals surface area contributed by atoms with Crippen molar-refractivity contribution in [1.82, 2.24) is 0 Å². The predicted molar refractivity (Wildman–Crippen MR) is 223 cm³/mol. The average Bonchev–Trinajstić information content (AvgIpc) is 3.22. The standard InChI is InChI=1S/C52H45N/c1-4-13-40(14-5-1)45-25-28-51(49(33-45)43-17-8-3-9-18-43)53(50-22-11-10-21-48(50)42-15-6-2-7-16-42)47-20-12-19-44(32-47)41-23-26-46(27-24-41)52-34-37-29-38(35-52)31-39(30-37)36-52/h1-28,32-33,37-39H,29-31,34-36H2. The van der Waals surface area contributed by atoms with E-state index in [0.29, 0.717) is 5.41 Å². The van der Waals surface area contributed by atoms with Crippen molar-refractivity contribution in [1.29, 1.82) is 0 Å². The average molecular weight is 684 g/mol. The fourth-order valence-electron chi connectivity index (χ4n) is 10.6. The van der Waals surface area contributed by atoms with E-state index in [0.717, 1.165) is 34.8 Å². The van der Waals surface area contributed by atoms with Gasteiger partial charge in [0.2, 0.25) is 0 Å². The van der Waals surface area contributed by atoms with Crippen LogP contribution in [-0.2, 0) is 5.41 Å². The van der Waals surface area contributed by atoms with E-state index >= 15 is 0 Å². The molecule has 7 aromatic rings. The van der Waals surface area contributed by atoms with Crippen LogP contribution in [0.4, 0.5) is 17.1 Å². The highest BCUT2D eigenvalue weighted by Crippen LogP contribution is 2.61. The van der Waals surface area contributed by atoms with Crippen molar-refractivity contribution < 1.29 is 0 Å². The molecule has 4 fully saturated rings. The zero-order valence-corrected chi connectivity index (χ0v) is 30.2. The molecule has 0 aliphatic heterocycles. The summed E-state index contributed by atoms with van der Waals surface area (Å²) in [6.07, 6.45) is 8.64. The molecular formula is C52H45N. The zero-order chi connectivity index (χ0) is 35.2. The Kier molecular flexibility index (Phi) is 8.09. The van der Waals surface area contributed by atoms with Crippen LogP contribution < -0.4 is 4.90 Å². The number of para-hydroxylation sites is 1. The van der Waals surface area contributed by atoms with Gasteiger partial charge in [-0.05, 0) is 131 Å². The highest BCUT2D eigenvalue weighted by molar-refractivity contribution is 5.95. The lowest BCUT2D eigenvalue weighted by Gasteiger charge is -2.57. The second-order valence-corrected chi connectivity index (χ2v) is 16.0. The second-order valence-electron chi connectivity index (χ2n) is 16.0. The Morgan fingerprint density at radius 1 is 0.358 bits per heavy atom. The molecule has 4 aliphatic rings. The van der Waals surface area contributed by atoms with Gasteiger partial charge in [0.1, 0.15) is 0 Å². The van der Waals surface area contributed by atoms with Gasteiger partial charge >= 0.3 is 0 Å². The zero-order valence-electron chi connectivity index (χ0n) is 30.2. The molecule has 1 heteroatoms. The molecule has 0 atom stereocenters. The third-order valence-electron chi connectivity index (χ3n) is 12.6. The van der Waals surface area contributed by atoms with Gasteiger partial charge in [-0.3, -0.25) is 0 Å². The Balaban J connectivity index is 1.11. The minimum absolute atomic E-state index is 0.410. The molecule has 0 aromatic heterocycles. The van der Waals surface area contributed by atoms with Crippen LogP contribution in [0.3, 0.4) is 0 Å². The van der Waals surface area contributed by atoms with Gasteiger partial charge in [0.25, 0.3) is 0 Å². The Morgan fingerprint density at radius 3 is 1.47 bits per heavy atom. The molecule has 0 radical (unpaired) electrons. The number of hydrogen-bond acceptors (Lipinski definition) is 1. The van der Waals surface area contributed by atoms with Crippen LogP contribution in [0.15, 0.2) is 182 Å². The van der Waals surface area contributed by atoms with Gasteiger partial charge in [0.05, 0.1) is 11.4 Å². The molecule has 0 N–H and O–H groups in total. The van der Waals surface area contributed by atoms with E-state index in [1.54, 1.807) is 5.56 Å². The van der Waals surface area contributed by atoms with E-state index in [-0.39, 0.29) is 0 Å². The maximum Gasteiger partial charge on any atom is 0.0540 e. The highest BCUT2D eigenvalue weighted by atomic mass is 15.1. The molecule has 0 saturated heterocycles. The summed E-state index contributed by atoms with van der Waals surface area (Å²) in [6.45, 7) is 0. The van der Waals surface area contributed by atoms with Gasteiger partial charge in [-0.25, -0.2) is 0 Å². The van der Waals surface area contributed by atoms with Gasteiger partial charge in [-0.15, -0.1) is 0 Å². The van der Waals surface area contributed by atoms with Gasteiger partial charge in [-0.1, -0.05) is 152 Å². The summed E-state index contributed by atoms with van der Waals surface area (Å²) >= 11 is 0. The summed E-state index contributed by atoms with van der Waals surface area (Å²) in [4.78, 5) is 2.48. The number of rotatable bonds is 8. The molecule has 53 heavy (non-hydrogen) atoms. The molecule has 4 saturated carbocycles. The summed E-state index contributed by atoms with van der Waals surface area (Å²) in [6, 6.07) is 67.1. The predicted octanol–water partition coefficient (Wildman–Crippen LogP) is 14.3. The fourth-order valence-corrected chi connectivity index (χ4v) is 10.6. The number of hydrogen-bond donors (Lipinski definition) is 0. The summed E-state index contributed by atoms with van der Waals surface area (Å²) in [5.74, 6) is 2.85. The van der Waals surface area contributed by atoms with E-state index < -0.39 is 0 Å². The van der Waals surface area contributed by atoms with Crippen LogP contribution in [0.1, 0.15) is 44.1 Å². The summed E-state index contributed by atoms with van der Waals surface area (Å²) in [5, 5.41) is 0. The minimum atomic E-state index is 0.410. The van der Waals surface area contributed by atoms with Crippen molar-refractivity contribution in [3.8, 4) is 44.5 Å². The minimum Gasteiger partial charge on any atom is -0.309 e. The van der Waals surface area contributed by atoms with Crippen molar-refractivity contribution in [2.75, 3.05) is 4.90 Å². The lowest BCUT2D eigenvalue weighted by atomic mass is 9.48. The Bertz CT molecular complexity index is 2320. The molecular weight excluding hydrogens is 639 g/mol. The van der Waals surface area contributed by atoms with Crippen LogP contribution in [0, 0.1) is 17.8 Å². The molecule has 0 amide bonds. The highest BCUT2D eigenvalue weighted by Gasteiger charge is 2.51. The van der Waals surface area contributed by atoms with E-state index in [4.69, 9.17) is 0 Å². The molecule has 258 valence electrons. The van der Waals surface area contributed by atoms with Crippen LogP contribution >= 0.6 is 0 Å². The van der Waals surface area contributed by atoms with Crippen molar-refractivity contribution >= 4 is 17.1 Å². The maximum absolute atomic E-state index is 2.48. The first-order valence-electron chi connectivity index (χ1n) is 19.6. The fraction of sp³-hybridized carbons (Fsp3) is 0.192. The first-order chi connectivity index (χ1) is 26.2. The topological polar surface area (TPSA) is 3.24 Å². The van der Waals surface area contributed by atoms with E-state index in [1.807, 2.05) is 0 Å². The summed E-state index contributed by atoms with van der Waals surface area (Å²) in [7, 11) is 0. The second kappa shape index (κ2) is 13.4. The lowest BCUT2D eigenvalue weighted by Crippen LogP contribution is -2.48. The van der Waals surface area contributed by atoms with E-state index in [1.165, 1.54) is 83.0 Å². The molecule has 0 heterocycles. The number of nitrogens with zero attached hydrogens (tertiary/aromatic N) is 1. The molecule has 4 bridgehead atoms. The monoisotopic (exact) mass is 683 g/mol. The molecule has 1 nitrogen and oxygen atoms in total. The van der Waals surface area contributed by atoms with Gasteiger partial charge in [0, 0.05) is 16.8 Å². The first kappa shape index (κ1) is 32.0. The van der Waals surface area contributed by atoms with Crippen LogP contribution in [0.5, 0.6) is 0 Å². The van der Waals surface area contributed by atoms with Crippen LogP contribution in [0.25, 0.3) is 44.5 Å². The third kappa shape index (κ3) is 5.99. The van der Waals surface area contributed by atoms with Crippen molar-refractivity contribution in [3.05, 3.63) is 188 Å². The van der Waals surface area contributed by atoms with E-state index in [9.17, 15) is 0 Å². The van der Waals surface area contributed by atoms with Crippen LogP contribution in [-0.4, -0.2) is 0 Å². The Labute approximate surface area is 314 Å². The van der Waals surface area contributed by atoms with Crippen LogP contribution in [0.2, 0.25) is 0 Å². The van der Waals surface area contributed by atoms with Gasteiger partial charge in [-0.2, -0.15) is 0 Å². The number of benzene rings is 7. The molecule has 0 spiro atoms. The van der Waals surface area contributed by atoms with Crippen molar-refractivity contribution in [2.24, 2.45) is 17.8 Å². The summed E-state index contributed by atoms with van der Waals surface area (Å²) in [5.41, 5.74) is 15.2. The quantitative estimate of drug-likeness (QED) is 0.154. The number of anilines is 3. The molecule has 11 rings (SSSR count). The Hall–Kier alpha value is -5.66. The van der Waals surface area contributed by atoms with Gasteiger partial charge in [0.15, 0.2) is 0 Å². The summed E-state index contributed by atoms with van der Waals surface area (Å²) < 4.78 is 0. The lowest BCUT2D eigenvalue weighted by molar-refractivity contribution is -0.00518. The maximum atomic E-state index is 2.48. The largest absolute Gasteiger partial charge is 0.309 e. The first-order valence-corrected chi connectivity index (χ1v) is 19.6. The molecule has 4 aliphatic carbocycles. The van der Waals surface area contributed by atoms with Gasteiger partial charge < -0.3 is 4.90 Å². The molecule has 7 aromatic carbocycles. The smallest absolute Gasteiger partial charge is 0.0540 e. The SMILES string of the molecule is c1ccc(-c2ccc(N(c3cccc(-c4ccc(C56CC7CC(CC(C7)C5)C6)cc4)c3)c3ccccc3-c3ccccc3)c(-c3ccccc3)c2)cc1. The van der Waals surface area contributed by atoms with Crippen molar-refractivity contribution in [2.45, 2.75) is 43.9 Å². The van der Waals surface area contributed by atoms with Crippen molar-refractivity contribution in [3.63, 3.8) is 0 Å². The Morgan fingerprint density at radius 2 is 0.830 bits per heavy atom. The van der Waals surface area contributed by atoms with E-state index in [2.05, 4.69) is 187 Å². The third-order valence-corrected chi connectivity index (χ3v) is 12.6.